The molecule has 0 saturated carbocycles. The van der Waals surface area contributed by atoms with Crippen LogP contribution in [0.2, 0.25) is 5.02 Å². The Hall–Kier alpha value is -0.335. The van der Waals surface area contributed by atoms with Crippen LogP contribution < -0.4 is 5.23 Å². The largest absolute Gasteiger partial charge is 0.418 e. The highest BCUT2D eigenvalue weighted by molar-refractivity contribution is 6.95. The van der Waals surface area contributed by atoms with Gasteiger partial charge in [0.15, 0.2) is 0 Å². The van der Waals surface area contributed by atoms with Crippen molar-refractivity contribution < 1.29 is 0 Å². The second kappa shape index (κ2) is 3.74. The Labute approximate surface area is 70.5 Å². The molecule has 0 radical (unpaired) electrons. The first-order chi connectivity index (χ1) is 4.83. The predicted octanol–water partition coefficient (Wildman–Crippen LogP) is 2.26. The van der Waals surface area contributed by atoms with Gasteiger partial charge >= 0.3 is 6.83 Å². The molecule has 0 amide bonds. The SMILES string of the molecule is ClBNc1ccc(Cl)cc1. The average Bonchev–Trinajstić information content (AvgIpc) is 1.95. The van der Waals surface area contributed by atoms with Crippen LogP contribution in [0.25, 0.3) is 0 Å². The van der Waals surface area contributed by atoms with Gasteiger partial charge in [-0.3, -0.25) is 0 Å². The fourth-order valence-corrected chi connectivity index (χ4v) is 0.925. The molecule has 0 fully saturated rings. The molecule has 1 nitrogen and oxygen atoms in total. The minimum Gasteiger partial charge on any atom is -0.418 e. The third-order valence-electron chi connectivity index (χ3n) is 1.12. The Balaban J connectivity index is 2.69. The summed E-state index contributed by atoms with van der Waals surface area (Å²) in [6.07, 6.45) is 0. The molecule has 0 spiro atoms. The topological polar surface area (TPSA) is 12.0 Å². The molecular formula is C6H6BCl2N. The molecule has 10 heavy (non-hydrogen) atoms. The molecule has 52 valence electrons. The van der Waals surface area contributed by atoms with E-state index in [0.29, 0.717) is 6.83 Å². The van der Waals surface area contributed by atoms with Crippen LogP contribution in [0, 0.1) is 0 Å². The van der Waals surface area contributed by atoms with Crippen molar-refractivity contribution in [3.63, 3.8) is 0 Å². The van der Waals surface area contributed by atoms with Gasteiger partial charge in [0.1, 0.15) is 0 Å². The van der Waals surface area contributed by atoms with Gasteiger partial charge in [-0.2, -0.15) is 11.5 Å². The number of benzene rings is 1. The summed E-state index contributed by atoms with van der Waals surface area (Å²) in [5.74, 6) is 0. The maximum atomic E-state index is 5.65. The zero-order valence-corrected chi connectivity index (χ0v) is 6.78. The number of rotatable bonds is 2. The Bertz CT molecular complexity index is 199. The van der Waals surface area contributed by atoms with Crippen LogP contribution in [0.1, 0.15) is 0 Å². The summed E-state index contributed by atoms with van der Waals surface area (Å²) in [6.45, 7) is 0.418. The summed E-state index contributed by atoms with van der Waals surface area (Å²) in [7, 11) is 0. The number of hydrogen-bond acceptors (Lipinski definition) is 1. The lowest BCUT2D eigenvalue weighted by molar-refractivity contribution is 1.67. The zero-order chi connectivity index (χ0) is 7.40. The summed E-state index contributed by atoms with van der Waals surface area (Å²) in [6, 6.07) is 7.39. The standard InChI is InChI=1S/C6H6BCl2N/c8-5-1-3-6(4-2-5)10-7-9/h1-4,7,10H. The molecule has 0 aliphatic carbocycles. The minimum atomic E-state index is 0.418. The fourth-order valence-electron chi connectivity index (χ4n) is 0.645. The Morgan fingerprint density at radius 3 is 2.30 bits per heavy atom. The average molecular weight is 174 g/mol. The molecular weight excluding hydrogens is 168 g/mol. The molecule has 4 heteroatoms. The van der Waals surface area contributed by atoms with Gasteiger partial charge < -0.3 is 5.23 Å². The molecule has 0 saturated heterocycles. The van der Waals surface area contributed by atoms with Gasteiger partial charge in [-0.1, -0.05) is 11.6 Å². The Kier molecular flexibility index (Phi) is 2.91. The van der Waals surface area contributed by atoms with E-state index in [1.165, 1.54) is 0 Å². The van der Waals surface area contributed by atoms with E-state index < -0.39 is 0 Å². The zero-order valence-electron chi connectivity index (χ0n) is 5.27. The molecule has 1 aromatic rings. The van der Waals surface area contributed by atoms with E-state index in [4.69, 9.17) is 23.1 Å². The van der Waals surface area contributed by atoms with Crippen molar-refractivity contribution in [2.75, 3.05) is 5.23 Å². The maximum absolute atomic E-state index is 5.65. The summed E-state index contributed by atoms with van der Waals surface area (Å²) >= 11 is 11.1. The van der Waals surface area contributed by atoms with Gasteiger partial charge in [0.2, 0.25) is 0 Å². The van der Waals surface area contributed by atoms with Gasteiger partial charge in [0.25, 0.3) is 0 Å². The first kappa shape index (κ1) is 7.77. The highest BCUT2D eigenvalue weighted by Crippen LogP contribution is 2.12. The second-order valence-electron chi connectivity index (χ2n) is 1.82. The third-order valence-corrected chi connectivity index (χ3v) is 1.50. The minimum absolute atomic E-state index is 0.418. The first-order valence-corrected chi connectivity index (χ1v) is 3.79. The van der Waals surface area contributed by atoms with E-state index in [2.05, 4.69) is 5.23 Å². The quantitative estimate of drug-likeness (QED) is 0.677. The van der Waals surface area contributed by atoms with E-state index in [1.54, 1.807) is 0 Å². The normalized spacial score (nSPS) is 9.00. The molecule has 0 heterocycles. The van der Waals surface area contributed by atoms with Crippen molar-refractivity contribution in [3.05, 3.63) is 29.3 Å². The monoisotopic (exact) mass is 173 g/mol. The van der Waals surface area contributed by atoms with Crippen LogP contribution in [0.4, 0.5) is 5.69 Å². The van der Waals surface area contributed by atoms with Crippen LogP contribution in [0.15, 0.2) is 24.3 Å². The van der Waals surface area contributed by atoms with Gasteiger partial charge in [0.05, 0.1) is 0 Å². The van der Waals surface area contributed by atoms with Crippen molar-refractivity contribution in [2.24, 2.45) is 0 Å². The number of anilines is 1. The van der Waals surface area contributed by atoms with Crippen molar-refractivity contribution >= 4 is 35.6 Å². The molecule has 0 aliphatic rings. The summed E-state index contributed by atoms with van der Waals surface area (Å²) in [5, 5.41) is 3.68. The van der Waals surface area contributed by atoms with Crippen LogP contribution in [0.3, 0.4) is 0 Å². The van der Waals surface area contributed by atoms with Gasteiger partial charge in [-0.15, -0.1) is 0 Å². The molecule has 0 aliphatic heterocycles. The predicted molar refractivity (Wildman–Crippen MR) is 48.1 cm³/mol. The Morgan fingerprint density at radius 2 is 1.80 bits per heavy atom. The highest BCUT2D eigenvalue weighted by atomic mass is 35.5. The molecule has 0 atom stereocenters. The lowest BCUT2D eigenvalue weighted by atomic mass is 10.2. The van der Waals surface area contributed by atoms with Gasteiger partial charge in [-0.05, 0) is 24.3 Å². The van der Waals surface area contributed by atoms with E-state index >= 15 is 0 Å². The van der Waals surface area contributed by atoms with Crippen LogP contribution in [-0.4, -0.2) is 6.83 Å². The third kappa shape index (κ3) is 2.12. The summed E-state index contributed by atoms with van der Waals surface area (Å²) < 4.78 is 0. The number of halogens is 2. The van der Waals surface area contributed by atoms with E-state index in [9.17, 15) is 0 Å². The summed E-state index contributed by atoms with van der Waals surface area (Å²) in [4.78, 5) is 0. The van der Waals surface area contributed by atoms with Gasteiger partial charge in [0, 0.05) is 10.7 Å². The van der Waals surface area contributed by atoms with Crippen molar-refractivity contribution in [1.29, 1.82) is 0 Å². The smallest absolute Gasteiger partial charge is 0.340 e. The molecule has 1 aromatic carbocycles. The number of nitrogens with one attached hydrogen (secondary N) is 1. The lowest BCUT2D eigenvalue weighted by Gasteiger charge is -1.98. The molecule has 1 N–H and O–H groups in total. The Morgan fingerprint density at radius 1 is 1.20 bits per heavy atom. The van der Waals surface area contributed by atoms with E-state index in [0.717, 1.165) is 10.7 Å². The van der Waals surface area contributed by atoms with Crippen molar-refractivity contribution in [2.45, 2.75) is 0 Å². The highest BCUT2D eigenvalue weighted by Gasteiger charge is 1.89. The van der Waals surface area contributed by atoms with Crippen LogP contribution in [0.5, 0.6) is 0 Å². The van der Waals surface area contributed by atoms with E-state index in [-0.39, 0.29) is 0 Å². The van der Waals surface area contributed by atoms with Gasteiger partial charge in [-0.25, -0.2) is 0 Å². The first-order valence-electron chi connectivity index (χ1n) is 2.88. The van der Waals surface area contributed by atoms with Crippen molar-refractivity contribution in [3.8, 4) is 0 Å². The van der Waals surface area contributed by atoms with Crippen LogP contribution in [-0.2, 0) is 0 Å². The van der Waals surface area contributed by atoms with Crippen LogP contribution >= 0.6 is 23.1 Å². The molecule has 0 aromatic heterocycles. The number of hydrogen-bond donors (Lipinski definition) is 1. The lowest BCUT2D eigenvalue weighted by Crippen LogP contribution is -1.96. The maximum Gasteiger partial charge on any atom is 0.340 e. The van der Waals surface area contributed by atoms with E-state index in [1.807, 2.05) is 24.3 Å². The molecule has 1 rings (SSSR count). The molecule has 0 unspecified atom stereocenters. The summed E-state index contributed by atoms with van der Waals surface area (Å²) in [5.41, 5.74) is 0.986. The molecule has 0 bridgehead atoms. The van der Waals surface area contributed by atoms with Crippen molar-refractivity contribution in [1.82, 2.24) is 0 Å². The second-order valence-corrected chi connectivity index (χ2v) is 2.52. The fraction of sp³-hybridized carbons (Fsp3) is 0.